The molecule has 0 aliphatic heterocycles. The molecule has 1 unspecified atom stereocenters. The second-order valence-electron chi connectivity index (χ2n) is 1.76. The van der Waals surface area contributed by atoms with Crippen LogP contribution in [0, 0.1) is 5.41 Å². The van der Waals surface area contributed by atoms with Gasteiger partial charge < -0.3 is 10.3 Å². The molecule has 46 valence electrons. The normalized spacial score (nSPS) is 12.2. The molecule has 0 spiro atoms. The Morgan fingerprint density at radius 3 is 2.38 bits per heavy atom. The van der Waals surface area contributed by atoms with Crippen molar-refractivity contribution < 1.29 is 0 Å². The van der Waals surface area contributed by atoms with Crippen LogP contribution in [0.5, 0.6) is 0 Å². The zero-order chi connectivity index (χ0) is 6.57. The van der Waals surface area contributed by atoms with Crippen molar-refractivity contribution >= 4 is 6.21 Å². The first-order chi connectivity index (χ1) is 3.72. The minimum Gasteiger partial charge on any atom is -0.373 e. The van der Waals surface area contributed by atoms with Gasteiger partial charge in [-0.05, 0) is 13.1 Å². The molecule has 0 aromatic heterocycles. The molecule has 0 fully saturated rings. The van der Waals surface area contributed by atoms with E-state index in [9.17, 15) is 0 Å². The lowest BCUT2D eigenvalue weighted by Gasteiger charge is -2.16. The van der Waals surface area contributed by atoms with Gasteiger partial charge in [0.05, 0.1) is 6.04 Å². The molecule has 1 atom stereocenters. The molecule has 0 amide bonds. The quantitative estimate of drug-likeness (QED) is 0.544. The maximum absolute atomic E-state index is 6.83. The zero-order valence-electron chi connectivity index (χ0n) is 5.39. The number of hydrogen-bond donors (Lipinski definition) is 1. The van der Waals surface area contributed by atoms with Crippen molar-refractivity contribution in [2.45, 2.75) is 13.0 Å². The van der Waals surface area contributed by atoms with Crippen LogP contribution in [-0.4, -0.2) is 24.2 Å². The molecular weight excluding hydrogens is 100 g/mol. The fourth-order valence-corrected chi connectivity index (χ4v) is 0.284. The Morgan fingerprint density at radius 1 is 1.75 bits per heavy atom. The third-order valence-corrected chi connectivity index (χ3v) is 1.17. The van der Waals surface area contributed by atoms with E-state index >= 15 is 0 Å². The Bertz CT molecular complexity index is 76.5. The monoisotopic (exact) mass is 112 g/mol. The molecule has 2 nitrogen and oxygen atoms in total. The topological polar surface area (TPSA) is 27.1 Å². The van der Waals surface area contributed by atoms with E-state index in [0.29, 0.717) is 0 Å². The van der Waals surface area contributed by atoms with Crippen molar-refractivity contribution in [3.8, 4) is 0 Å². The summed E-state index contributed by atoms with van der Waals surface area (Å²) in [6.07, 6.45) is 3.08. The fraction of sp³-hybridized carbons (Fsp3) is 0.500. The molecule has 0 aromatic carbocycles. The molecule has 2 heteroatoms. The first-order valence-electron chi connectivity index (χ1n) is 2.57. The van der Waals surface area contributed by atoms with Crippen LogP contribution in [0.15, 0.2) is 12.8 Å². The third-order valence-electron chi connectivity index (χ3n) is 1.17. The summed E-state index contributed by atoms with van der Waals surface area (Å²) in [6.45, 7) is 5.49. The average molecular weight is 112 g/mol. The Balaban J connectivity index is 3.60. The van der Waals surface area contributed by atoms with E-state index in [4.69, 9.17) is 5.41 Å². The lowest BCUT2D eigenvalue weighted by atomic mass is 10.3. The summed E-state index contributed by atoms with van der Waals surface area (Å²) >= 11 is 0. The van der Waals surface area contributed by atoms with E-state index in [1.165, 1.54) is 6.21 Å². The van der Waals surface area contributed by atoms with E-state index in [1.54, 1.807) is 6.20 Å². The Kier molecular flexibility index (Phi) is 2.92. The minimum atomic E-state index is 0.174. The summed E-state index contributed by atoms with van der Waals surface area (Å²) in [5.74, 6) is 0. The van der Waals surface area contributed by atoms with Crippen LogP contribution in [0.1, 0.15) is 6.92 Å². The van der Waals surface area contributed by atoms with Gasteiger partial charge in [0, 0.05) is 13.3 Å². The van der Waals surface area contributed by atoms with Gasteiger partial charge in [0.1, 0.15) is 0 Å². The van der Waals surface area contributed by atoms with Gasteiger partial charge in [-0.1, -0.05) is 6.58 Å². The van der Waals surface area contributed by atoms with Crippen LogP contribution in [-0.2, 0) is 0 Å². The zero-order valence-corrected chi connectivity index (χ0v) is 5.39. The van der Waals surface area contributed by atoms with E-state index < -0.39 is 0 Å². The molecule has 0 aromatic rings. The maximum Gasteiger partial charge on any atom is 0.0600 e. The lowest BCUT2D eigenvalue weighted by molar-refractivity contribution is 0.433. The maximum atomic E-state index is 6.83. The van der Waals surface area contributed by atoms with Crippen LogP contribution in [0.3, 0.4) is 0 Å². The summed E-state index contributed by atoms with van der Waals surface area (Å²) in [5.41, 5.74) is 0. The summed E-state index contributed by atoms with van der Waals surface area (Å²) in [6, 6.07) is 0.174. The highest BCUT2D eigenvalue weighted by Gasteiger charge is 1.96. The van der Waals surface area contributed by atoms with Gasteiger partial charge in [0.2, 0.25) is 0 Å². The third kappa shape index (κ3) is 1.78. The molecule has 0 saturated heterocycles. The summed E-state index contributed by atoms with van der Waals surface area (Å²) < 4.78 is 0. The standard InChI is InChI=1S/C6H12N2/c1-4-8(3)6(2)5-7/h4-7H,1H2,2-3H3. The Morgan fingerprint density at radius 2 is 2.25 bits per heavy atom. The molecule has 0 heterocycles. The Labute approximate surface area is 50.3 Å². The summed E-state index contributed by atoms with van der Waals surface area (Å²) in [4.78, 5) is 1.87. The highest BCUT2D eigenvalue weighted by atomic mass is 15.1. The minimum absolute atomic E-state index is 0.174. The smallest absolute Gasteiger partial charge is 0.0600 e. The predicted octanol–water partition coefficient (Wildman–Crippen LogP) is 1.10. The van der Waals surface area contributed by atoms with Gasteiger partial charge in [-0.25, -0.2) is 0 Å². The number of hydrogen-bond acceptors (Lipinski definition) is 2. The molecular formula is C6H12N2. The van der Waals surface area contributed by atoms with Crippen LogP contribution in [0.4, 0.5) is 0 Å². The molecule has 0 aliphatic carbocycles. The second kappa shape index (κ2) is 3.24. The number of rotatable bonds is 3. The second-order valence-corrected chi connectivity index (χ2v) is 1.76. The van der Waals surface area contributed by atoms with Crippen molar-refractivity contribution in [1.29, 1.82) is 5.41 Å². The fourth-order valence-electron chi connectivity index (χ4n) is 0.284. The van der Waals surface area contributed by atoms with Gasteiger partial charge in [-0.2, -0.15) is 0 Å². The van der Waals surface area contributed by atoms with E-state index in [-0.39, 0.29) is 6.04 Å². The molecule has 0 saturated carbocycles. The molecule has 8 heavy (non-hydrogen) atoms. The van der Waals surface area contributed by atoms with E-state index in [0.717, 1.165) is 0 Å². The largest absolute Gasteiger partial charge is 0.373 e. The van der Waals surface area contributed by atoms with Gasteiger partial charge >= 0.3 is 0 Å². The number of nitrogens with zero attached hydrogens (tertiary/aromatic N) is 1. The van der Waals surface area contributed by atoms with Gasteiger partial charge in [0.15, 0.2) is 0 Å². The molecule has 0 radical (unpaired) electrons. The van der Waals surface area contributed by atoms with Gasteiger partial charge in [0.25, 0.3) is 0 Å². The molecule has 0 bridgehead atoms. The molecule has 0 rings (SSSR count). The van der Waals surface area contributed by atoms with E-state index in [1.807, 2.05) is 18.9 Å². The highest BCUT2D eigenvalue weighted by Crippen LogP contribution is 1.88. The van der Waals surface area contributed by atoms with E-state index in [2.05, 4.69) is 6.58 Å². The van der Waals surface area contributed by atoms with Crippen LogP contribution in [0.25, 0.3) is 0 Å². The van der Waals surface area contributed by atoms with Crippen molar-refractivity contribution in [2.75, 3.05) is 7.05 Å². The first-order valence-corrected chi connectivity index (χ1v) is 2.57. The molecule has 1 N–H and O–H groups in total. The summed E-state index contributed by atoms with van der Waals surface area (Å²) in [5, 5.41) is 6.83. The van der Waals surface area contributed by atoms with Crippen LogP contribution >= 0.6 is 0 Å². The predicted molar refractivity (Wildman–Crippen MR) is 36.2 cm³/mol. The average Bonchev–Trinajstić information content (AvgIpc) is 1.84. The lowest BCUT2D eigenvalue weighted by Crippen LogP contribution is -2.23. The SMILES string of the molecule is C=CN(C)C(C)C=N. The Hall–Kier alpha value is -0.790. The highest BCUT2D eigenvalue weighted by molar-refractivity contribution is 5.60. The van der Waals surface area contributed by atoms with Crippen LogP contribution < -0.4 is 0 Å². The van der Waals surface area contributed by atoms with Crippen molar-refractivity contribution in [3.63, 3.8) is 0 Å². The summed E-state index contributed by atoms with van der Waals surface area (Å²) in [7, 11) is 1.89. The van der Waals surface area contributed by atoms with Crippen LogP contribution in [0.2, 0.25) is 0 Å². The van der Waals surface area contributed by atoms with Gasteiger partial charge in [-0.15, -0.1) is 0 Å². The van der Waals surface area contributed by atoms with Crippen molar-refractivity contribution in [1.82, 2.24) is 4.90 Å². The first kappa shape index (κ1) is 7.21. The number of nitrogens with one attached hydrogen (secondary N) is 1. The molecule has 0 aliphatic rings. The van der Waals surface area contributed by atoms with Crippen molar-refractivity contribution in [2.24, 2.45) is 0 Å². The van der Waals surface area contributed by atoms with Crippen molar-refractivity contribution in [3.05, 3.63) is 12.8 Å². The van der Waals surface area contributed by atoms with Gasteiger partial charge in [-0.3, -0.25) is 0 Å².